The predicted molar refractivity (Wildman–Crippen MR) is 534 cm³/mol. The summed E-state index contributed by atoms with van der Waals surface area (Å²) in [6, 6.07) is 39.2. The third-order valence-electron chi connectivity index (χ3n) is 23.2. The van der Waals surface area contributed by atoms with Crippen molar-refractivity contribution in [1.82, 2.24) is 87.1 Å². The van der Waals surface area contributed by atoms with Crippen LogP contribution in [0.25, 0.3) is 43.6 Å². The Labute approximate surface area is 834 Å². The SMILES string of the molecule is CCC(O)CNC(=O)c1nc(C(=O)NC(C)C)c2cc(Cc3ccc(F)cc3)cnc2c1O.CCC(O)CNC(=O)c1nc(C(=O)NC2CN(CC)N(CC)C2)c2cc(Cc3ccc(F)cc3)cnc2c1O.CCC(O)CNC(=O)c1nc(C(=O)NCc2cccs2)c2cc(Cc3ccc(F)cc3)cnc2c1O.CCC(O)CNC(=O)c1nc(C(=O)Nc2ccc(F)cc2)c2cc(Cc3ccc(F)cc3)cnc2c1O. The summed E-state index contributed by atoms with van der Waals surface area (Å²) in [6.07, 6.45) is 6.38. The number of hydrogen-bond donors (Lipinski definition) is 16. The Balaban J connectivity index is 0.000000172. The van der Waals surface area contributed by atoms with Gasteiger partial charge in [0.15, 0.2) is 45.8 Å². The lowest BCUT2D eigenvalue weighted by molar-refractivity contribution is 0.0388. The van der Waals surface area contributed by atoms with Gasteiger partial charge >= 0.3 is 0 Å². The van der Waals surface area contributed by atoms with Crippen LogP contribution in [-0.2, 0) is 32.2 Å². The molecular weight excluding hydrogens is 1900 g/mol. The fraction of sp³-hybridized carbons (Fsp3) is 0.295. The maximum atomic E-state index is 13.6. The van der Waals surface area contributed by atoms with Crippen molar-refractivity contribution in [3.8, 4) is 23.0 Å². The highest BCUT2D eigenvalue weighted by Gasteiger charge is 2.34. The van der Waals surface area contributed by atoms with Crippen molar-refractivity contribution < 1.29 is 101 Å². The highest BCUT2D eigenvalue weighted by atomic mass is 32.1. The van der Waals surface area contributed by atoms with Crippen molar-refractivity contribution in [3.05, 3.63) is 312 Å². The molecule has 5 aromatic carbocycles. The number of carbonyl (C=O) groups excluding carboxylic acids is 8. The van der Waals surface area contributed by atoms with Crippen LogP contribution < -0.4 is 42.5 Å². The first-order valence-electron chi connectivity index (χ1n) is 46.9. The summed E-state index contributed by atoms with van der Waals surface area (Å²) in [5.74, 6) is -8.96. The van der Waals surface area contributed by atoms with Crippen molar-refractivity contribution in [2.45, 2.75) is 150 Å². The zero-order valence-corrected chi connectivity index (χ0v) is 81.3. The molecule has 40 heteroatoms. The molecule has 0 radical (unpaired) electrons. The fourth-order valence-electron chi connectivity index (χ4n) is 15.2. The highest BCUT2D eigenvalue weighted by Crippen LogP contribution is 2.36. The van der Waals surface area contributed by atoms with Crippen molar-refractivity contribution in [3.63, 3.8) is 0 Å². The standard InChI is InChI=1S/C28H35FN6O4.C27H24F2N4O4.C26H25FN4O4S.C24H27FN4O4/c1-4-21(36)14-31-27(38)25-26(37)23-22(12-18(13-30-23)11-17-7-9-19(29)10-8-17)24(33-25)28(39)32-20-15-34(5-2)35(6-3)16-20;1-2-20(34)14-31-26(36)24-25(35)22-21(12-16(13-30-22)11-15-3-5-17(28)6-4-15)23(33-24)27(37)32-19-9-7-18(29)8-10-19;1-2-18(32)13-29-26(35)23-24(33)21-20(22(31-23)25(34)30-14-19-4-3-9-36-19)11-16(12-28-21)10-15-5-7-17(27)8-6-15;1-4-17(30)12-27-23(32)21-22(31)19-18(20(29-21)24(33)28-13(2)3)10-15(11-26-19)9-14-5-7-16(25)8-6-14/h7-10,12-13,20-21,36-37H,4-6,11,14-16H2,1-3H3,(H,31,38)(H,32,39);3-10,12-13,20,34-35H,2,11,14H2,1H3,(H,31,36)(H,32,37);3-9,11-12,18,32-33H,2,10,13-14H2,1H3,(H,29,35)(H,30,34);5-8,10-11,13,17,30-31H,4,9,12H2,1-3H3,(H,27,32)(H,28,33). The molecule has 0 saturated carbocycles. The molecule has 1 aliphatic heterocycles. The van der Waals surface area contributed by atoms with Gasteiger partial charge in [-0.15, -0.1) is 11.3 Å². The number of nitrogens with one attached hydrogen (secondary N) is 8. The van der Waals surface area contributed by atoms with E-state index >= 15 is 0 Å². The summed E-state index contributed by atoms with van der Waals surface area (Å²) in [7, 11) is 0. The first kappa shape index (κ1) is 108. The van der Waals surface area contributed by atoms with Gasteiger partial charge < -0.3 is 83.4 Å². The van der Waals surface area contributed by atoms with Gasteiger partial charge in [0, 0.05) is 115 Å². The van der Waals surface area contributed by atoms with E-state index in [0.717, 1.165) is 51.3 Å². The number of aromatic hydroxyl groups is 4. The average molecular weight is 2010 g/mol. The molecule has 0 spiro atoms. The summed E-state index contributed by atoms with van der Waals surface area (Å²) in [6.45, 7) is 17.8. The zero-order chi connectivity index (χ0) is 104. The molecule has 15 rings (SSSR count). The van der Waals surface area contributed by atoms with E-state index in [0.29, 0.717) is 86.7 Å². The molecule has 14 aromatic rings. The van der Waals surface area contributed by atoms with Gasteiger partial charge in [-0.05, 0) is 218 Å². The number of rotatable bonds is 35. The highest BCUT2D eigenvalue weighted by molar-refractivity contribution is 7.09. The number of benzene rings is 5. The Morgan fingerprint density at radius 2 is 0.634 bits per heavy atom. The molecule has 0 bridgehead atoms. The van der Waals surface area contributed by atoms with Gasteiger partial charge in [-0.1, -0.05) is 96.1 Å². The van der Waals surface area contributed by atoms with Crippen molar-refractivity contribution in [2.24, 2.45) is 0 Å². The molecule has 10 heterocycles. The number of halogens is 5. The number of aliphatic hydroxyl groups is 4. The molecule has 0 aliphatic carbocycles. The van der Waals surface area contributed by atoms with Gasteiger partial charge in [-0.3, -0.25) is 58.3 Å². The lowest BCUT2D eigenvalue weighted by Gasteiger charge is -2.24. The number of hydrazine groups is 1. The van der Waals surface area contributed by atoms with Crippen LogP contribution in [0.15, 0.2) is 188 Å². The van der Waals surface area contributed by atoms with Crippen LogP contribution in [0.5, 0.6) is 23.0 Å². The molecule has 8 amide bonds. The minimum Gasteiger partial charge on any atom is -0.504 e. The number of aliphatic hydroxyl groups excluding tert-OH is 4. The van der Waals surface area contributed by atoms with Gasteiger partial charge in [0.05, 0.1) is 37.0 Å². The van der Waals surface area contributed by atoms with E-state index in [1.165, 1.54) is 103 Å². The van der Waals surface area contributed by atoms with Crippen LogP contribution in [0.1, 0.15) is 214 Å². The van der Waals surface area contributed by atoms with Crippen LogP contribution >= 0.6 is 11.3 Å². The zero-order valence-electron chi connectivity index (χ0n) is 80.5. The van der Waals surface area contributed by atoms with Gasteiger partial charge in [0.1, 0.15) is 73.9 Å². The second-order valence-electron chi connectivity index (χ2n) is 34.4. The Morgan fingerprint density at radius 1 is 0.359 bits per heavy atom. The van der Waals surface area contributed by atoms with E-state index in [-0.39, 0.29) is 146 Å². The second-order valence-corrected chi connectivity index (χ2v) is 35.5. The molecule has 1 fully saturated rings. The van der Waals surface area contributed by atoms with Crippen molar-refractivity contribution in [1.29, 1.82) is 0 Å². The van der Waals surface area contributed by atoms with Crippen molar-refractivity contribution in [2.75, 3.05) is 57.7 Å². The maximum Gasteiger partial charge on any atom is 0.274 e. The van der Waals surface area contributed by atoms with Gasteiger partial charge in [-0.25, -0.2) is 51.9 Å². The van der Waals surface area contributed by atoms with E-state index in [1.807, 2.05) is 17.5 Å². The molecule has 1 saturated heterocycles. The monoisotopic (exact) mass is 2010 g/mol. The number of likely N-dealkylation sites (N-methyl/N-ethyl adjacent to an activating group) is 2. The number of hydrogen-bond acceptors (Lipinski definition) is 27. The lowest BCUT2D eigenvalue weighted by Crippen LogP contribution is -2.39. The third-order valence-corrected chi connectivity index (χ3v) is 24.1. The number of aromatic nitrogens is 8. The van der Waals surface area contributed by atoms with E-state index in [1.54, 1.807) is 121 Å². The topological polar surface area (TPSA) is 504 Å². The first-order chi connectivity index (χ1) is 69.5. The molecule has 1 aliphatic rings. The smallest absolute Gasteiger partial charge is 0.274 e. The largest absolute Gasteiger partial charge is 0.504 e. The van der Waals surface area contributed by atoms with Crippen LogP contribution in [0.4, 0.5) is 27.6 Å². The van der Waals surface area contributed by atoms with E-state index in [9.17, 15) is 101 Å². The Bertz CT molecular complexity index is 6960. The molecular formula is C105H111F5N18O16S. The van der Waals surface area contributed by atoms with E-state index in [2.05, 4.69) is 106 Å². The number of fused-ring (bicyclic) bond motifs is 4. The van der Waals surface area contributed by atoms with Crippen LogP contribution in [0, 0.1) is 29.1 Å². The fourth-order valence-corrected chi connectivity index (χ4v) is 15.8. The Morgan fingerprint density at radius 3 is 0.910 bits per heavy atom. The number of thiophene rings is 1. The summed E-state index contributed by atoms with van der Waals surface area (Å²) in [5, 5.41) is 111. The molecule has 145 heavy (non-hydrogen) atoms. The number of pyridine rings is 8. The Kier molecular flexibility index (Phi) is 38.0. The molecule has 16 N–H and O–H groups in total. The summed E-state index contributed by atoms with van der Waals surface area (Å²) in [5.41, 5.74) is 4.76. The predicted octanol–water partition coefficient (Wildman–Crippen LogP) is 12.5. The van der Waals surface area contributed by atoms with Gasteiger partial charge in [0.25, 0.3) is 47.3 Å². The van der Waals surface area contributed by atoms with E-state index < -0.39 is 106 Å². The summed E-state index contributed by atoms with van der Waals surface area (Å²) < 4.78 is 66.4. The van der Waals surface area contributed by atoms with E-state index in [4.69, 9.17) is 0 Å². The molecule has 34 nitrogen and oxygen atoms in total. The molecule has 4 unspecified atom stereocenters. The van der Waals surface area contributed by atoms with Crippen molar-refractivity contribution >= 4 is 108 Å². The first-order valence-corrected chi connectivity index (χ1v) is 47.8. The lowest BCUT2D eigenvalue weighted by atomic mass is 10.0. The summed E-state index contributed by atoms with van der Waals surface area (Å²) >= 11 is 1.49. The van der Waals surface area contributed by atoms with Crippen LogP contribution in [-0.4, -0.2) is 227 Å². The normalized spacial score (nSPS) is 12.9. The maximum absolute atomic E-state index is 13.6. The van der Waals surface area contributed by atoms with Gasteiger partial charge in [0.2, 0.25) is 0 Å². The minimum atomic E-state index is -0.792. The van der Waals surface area contributed by atoms with Crippen LogP contribution in [0.2, 0.25) is 0 Å². The third kappa shape index (κ3) is 28.9. The van der Waals surface area contributed by atoms with Crippen LogP contribution in [0.3, 0.4) is 0 Å². The number of anilines is 1. The minimum absolute atomic E-state index is 0.0218. The number of nitrogens with zero attached hydrogens (tertiary/aromatic N) is 10. The molecule has 9 aromatic heterocycles. The number of carbonyl (C=O) groups is 8. The second kappa shape index (κ2) is 50.9. The average Bonchev–Trinajstić information content (AvgIpc) is 0.987. The molecule has 4 atom stereocenters. The van der Waals surface area contributed by atoms with Gasteiger partial charge in [-0.2, -0.15) is 0 Å². The number of amides is 8. The quantitative estimate of drug-likeness (QED) is 0.0164. The Hall–Kier alpha value is -15.6. The molecule has 758 valence electrons. The summed E-state index contributed by atoms with van der Waals surface area (Å²) in [4.78, 5) is 139.